The quantitative estimate of drug-likeness (QED) is 0.257. The van der Waals surface area contributed by atoms with Crippen molar-refractivity contribution in [1.29, 1.82) is 0 Å². The van der Waals surface area contributed by atoms with Crippen LogP contribution in [-0.4, -0.2) is 72.1 Å². The van der Waals surface area contributed by atoms with E-state index in [2.05, 4.69) is 9.47 Å². The van der Waals surface area contributed by atoms with Gasteiger partial charge in [-0.15, -0.1) is 0 Å². The summed E-state index contributed by atoms with van der Waals surface area (Å²) in [5, 5.41) is 0. The number of halogens is 12. The average molecular weight is 502 g/mol. The van der Waals surface area contributed by atoms with Crippen LogP contribution in [0, 0.1) is 0 Å². The number of carbonyl (C=O) groups is 5. The van der Waals surface area contributed by atoms with Crippen LogP contribution < -0.4 is 0 Å². The van der Waals surface area contributed by atoms with Crippen LogP contribution in [0.2, 0.25) is 0 Å². The van der Waals surface area contributed by atoms with Gasteiger partial charge in [-0.2, -0.15) is 52.7 Å². The number of carbonyl (C=O) groups excluding carboxylic acids is 5. The van der Waals surface area contributed by atoms with Gasteiger partial charge in [-0.1, -0.05) is 0 Å². The Bertz CT molecular complexity index is 833. The van der Waals surface area contributed by atoms with Gasteiger partial charge in [0, 0.05) is 6.92 Å². The summed E-state index contributed by atoms with van der Waals surface area (Å²) in [5.74, 6) is -55.8. The van der Waals surface area contributed by atoms with Crippen molar-refractivity contribution in [3.63, 3.8) is 0 Å². The van der Waals surface area contributed by atoms with Gasteiger partial charge in [-0.3, -0.25) is 19.2 Å². The third kappa shape index (κ3) is 4.50. The van der Waals surface area contributed by atoms with Crippen LogP contribution in [0.4, 0.5) is 52.7 Å². The molecule has 0 fully saturated rings. The number of esters is 2. The monoisotopic (exact) mass is 502 g/mol. The lowest BCUT2D eigenvalue weighted by Crippen LogP contribution is -2.67. The first-order valence-electron chi connectivity index (χ1n) is 7.06. The third-order valence-corrected chi connectivity index (χ3v) is 3.19. The molecule has 32 heavy (non-hydrogen) atoms. The topological polar surface area (TPSA) is 104 Å². The number of Topliss-reactive ketones (excluding diaryl/α,β-unsaturated/α-hetero) is 3. The van der Waals surface area contributed by atoms with Crippen molar-refractivity contribution in [1.82, 2.24) is 0 Å². The van der Waals surface area contributed by atoms with Crippen LogP contribution in [0.1, 0.15) is 6.92 Å². The molecule has 0 aliphatic carbocycles. The minimum absolute atomic E-state index is 0.00850. The van der Waals surface area contributed by atoms with E-state index in [1.807, 2.05) is 0 Å². The zero-order valence-corrected chi connectivity index (χ0v) is 14.9. The lowest BCUT2D eigenvalue weighted by Gasteiger charge is -2.31. The van der Waals surface area contributed by atoms with Crippen LogP contribution in [0.5, 0.6) is 0 Å². The highest BCUT2D eigenvalue weighted by molar-refractivity contribution is 6.12. The van der Waals surface area contributed by atoms with E-state index in [9.17, 15) is 76.7 Å². The molecular weight excluding hydrogens is 496 g/mol. The highest BCUT2D eigenvalue weighted by atomic mass is 19.3. The first kappa shape index (κ1) is 29.1. The predicted octanol–water partition coefficient (Wildman–Crippen LogP) is 2.20. The van der Waals surface area contributed by atoms with Crippen molar-refractivity contribution in [2.45, 2.75) is 42.6 Å². The van der Waals surface area contributed by atoms with E-state index in [-0.39, 0.29) is 14.0 Å². The molecule has 0 aliphatic heterocycles. The first-order chi connectivity index (χ1) is 13.9. The number of alkyl halides is 12. The molecule has 0 rings (SSSR count). The van der Waals surface area contributed by atoms with Crippen molar-refractivity contribution in [2.24, 2.45) is 0 Å². The van der Waals surface area contributed by atoms with Crippen molar-refractivity contribution < 1.29 is 86.1 Å². The molecule has 0 bridgehead atoms. The zero-order chi connectivity index (χ0) is 26.3. The minimum Gasteiger partial charge on any atom is -0.464 e. The summed E-state index contributed by atoms with van der Waals surface area (Å²) < 4.78 is 166. The van der Waals surface area contributed by atoms with E-state index < -0.39 is 65.0 Å². The number of hydrogen-bond donors (Lipinski definition) is 0. The van der Waals surface area contributed by atoms with E-state index in [0.29, 0.717) is 0 Å². The van der Waals surface area contributed by atoms with Crippen molar-refractivity contribution in [2.75, 3.05) is 7.11 Å². The van der Waals surface area contributed by atoms with Crippen molar-refractivity contribution in [3.8, 4) is 0 Å². The van der Waals surface area contributed by atoms with E-state index in [1.165, 1.54) is 0 Å². The normalized spacial score (nSPS) is 13.9. The molecule has 0 aromatic rings. The number of hydrogen-bond acceptors (Lipinski definition) is 7. The molecule has 0 saturated carbocycles. The van der Waals surface area contributed by atoms with Crippen molar-refractivity contribution in [3.05, 3.63) is 0 Å². The van der Waals surface area contributed by atoms with Gasteiger partial charge in [0.05, 0.1) is 7.11 Å². The largest absolute Gasteiger partial charge is 0.469 e. The summed E-state index contributed by atoms with van der Waals surface area (Å²) >= 11 is 0. The maximum absolute atomic E-state index is 13.5. The van der Waals surface area contributed by atoms with E-state index in [4.69, 9.17) is 0 Å². The molecule has 0 aromatic carbocycles. The Kier molecular flexibility index (Phi) is 7.48. The van der Waals surface area contributed by atoms with E-state index in [0.717, 1.165) is 0 Å². The summed E-state index contributed by atoms with van der Waals surface area (Å²) in [6.07, 6.45) is -6.22. The molecule has 0 saturated heterocycles. The lowest BCUT2D eigenvalue weighted by atomic mass is 9.91. The number of methoxy groups -OCH3 is 1. The Morgan fingerprint density at radius 1 is 0.562 bits per heavy atom. The molecule has 7 nitrogen and oxygen atoms in total. The molecular formula is C13H6F12O7. The van der Waals surface area contributed by atoms with Crippen LogP contribution in [-0.2, 0) is 33.4 Å². The number of ketones is 3. The first-order valence-corrected chi connectivity index (χ1v) is 7.06. The summed E-state index contributed by atoms with van der Waals surface area (Å²) in [7, 11) is 0.00850. The molecule has 184 valence electrons. The molecule has 0 unspecified atom stereocenters. The second-order valence-corrected chi connectivity index (χ2v) is 5.46. The van der Waals surface area contributed by atoms with Gasteiger partial charge < -0.3 is 9.47 Å². The van der Waals surface area contributed by atoms with Gasteiger partial charge in [-0.05, 0) is 0 Å². The van der Waals surface area contributed by atoms with Gasteiger partial charge in [0.15, 0.2) is 0 Å². The number of ether oxygens (including phenoxy) is 2. The smallest absolute Gasteiger partial charge is 0.464 e. The van der Waals surface area contributed by atoms with Crippen LogP contribution in [0.3, 0.4) is 0 Å². The second kappa shape index (κ2) is 8.23. The minimum atomic E-state index is -7.54. The Balaban J connectivity index is 6.43. The molecule has 0 aliphatic rings. The lowest BCUT2D eigenvalue weighted by molar-refractivity contribution is -0.269. The molecule has 0 amide bonds. The maximum atomic E-state index is 13.5. The van der Waals surface area contributed by atoms with Gasteiger partial charge in [0.25, 0.3) is 11.6 Å². The Hall–Kier alpha value is -2.89. The molecule has 19 heteroatoms. The Morgan fingerprint density at radius 2 is 0.875 bits per heavy atom. The van der Waals surface area contributed by atoms with E-state index >= 15 is 0 Å². The molecule has 0 heterocycles. The van der Waals surface area contributed by atoms with Gasteiger partial charge in [-0.25, -0.2) is 4.79 Å². The molecule has 0 N–H and O–H groups in total. The molecule has 0 radical (unpaired) electrons. The molecule has 0 atom stereocenters. The van der Waals surface area contributed by atoms with Crippen LogP contribution in [0.15, 0.2) is 0 Å². The molecule has 0 aromatic heterocycles. The average Bonchev–Trinajstić information content (AvgIpc) is 2.63. The highest BCUT2D eigenvalue weighted by Gasteiger charge is 2.82. The summed E-state index contributed by atoms with van der Waals surface area (Å²) in [4.78, 5) is 53.7. The van der Waals surface area contributed by atoms with Gasteiger partial charge >= 0.3 is 53.4 Å². The van der Waals surface area contributed by atoms with Crippen LogP contribution >= 0.6 is 0 Å². The fraction of sp³-hybridized carbons (Fsp3) is 0.615. The fourth-order valence-corrected chi connectivity index (χ4v) is 1.60. The third-order valence-electron chi connectivity index (χ3n) is 3.19. The predicted molar refractivity (Wildman–Crippen MR) is 68.5 cm³/mol. The highest BCUT2D eigenvalue weighted by Crippen LogP contribution is 2.48. The van der Waals surface area contributed by atoms with Crippen molar-refractivity contribution >= 4 is 29.3 Å². The summed E-state index contributed by atoms with van der Waals surface area (Å²) in [6.45, 7) is 0.0183. The van der Waals surface area contributed by atoms with Gasteiger partial charge in [0.2, 0.25) is 0 Å². The number of rotatable bonds is 10. The summed E-state index contributed by atoms with van der Waals surface area (Å²) in [5.41, 5.74) is 0. The van der Waals surface area contributed by atoms with Gasteiger partial charge in [0.1, 0.15) is 0 Å². The van der Waals surface area contributed by atoms with Crippen LogP contribution in [0.25, 0.3) is 0 Å². The maximum Gasteiger partial charge on any atom is 0.469 e. The molecule has 0 spiro atoms. The Morgan fingerprint density at radius 3 is 1.19 bits per heavy atom. The standard InChI is InChI=1S/C13H6F12O7/c1-3(26)32-13(24,25)6(29)12(22,23)11(20,21)5(28)10(18,19)9(16,17)4(27)8(14,15)7(30)31-2/h1-2H3. The SMILES string of the molecule is COC(=O)C(F)(F)C(=O)C(F)(F)C(F)(F)C(=O)C(F)(F)C(F)(F)C(=O)C(F)(F)OC(C)=O. The Labute approximate surface area is 166 Å². The fourth-order valence-electron chi connectivity index (χ4n) is 1.60. The van der Waals surface area contributed by atoms with E-state index in [1.54, 1.807) is 0 Å². The zero-order valence-electron chi connectivity index (χ0n) is 14.9. The second-order valence-electron chi connectivity index (χ2n) is 5.46. The summed E-state index contributed by atoms with van der Waals surface area (Å²) in [6, 6.07) is 0.